The molecule has 2 heterocycles. The van der Waals surface area contributed by atoms with Crippen molar-refractivity contribution in [2.75, 3.05) is 0 Å². The minimum Gasteiger partial charge on any atom is -0.448 e. The number of hydrogen-bond acceptors (Lipinski definition) is 4. The predicted molar refractivity (Wildman–Crippen MR) is 97.6 cm³/mol. The SMILES string of the molecule is C[C@H](N/[S-](=O)=C/C(C)(C)C)c1ccc(-c2ccnc(C(F)(F)F)c2)cn1. The van der Waals surface area contributed by atoms with E-state index in [1.807, 2.05) is 27.7 Å². The van der Waals surface area contributed by atoms with Gasteiger partial charge in [0, 0.05) is 24.0 Å². The molecule has 0 saturated heterocycles. The van der Waals surface area contributed by atoms with Crippen LogP contribution in [0.2, 0.25) is 0 Å². The lowest BCUT2D eigenvalue weighted by Crippen LogP contribution is -2.21. The molecule has 0 fully saturated rings. The molecule has 2 aromatic heterocycles. The largest absolute Gasteiger partial charge is 0.448 e. The minimum atomic E-state index is -4.49. The van der Waals surface area contributed by atoms with Crippen molar-refractivity contribution in [1.29, 1.82) is 0 Å². The van der Waals surface area contributed by atoms with Gasteiger partial charge in [-0.3, -0.25) is 9.97 Å². The molecule has 26 heavy (non-hydrogen) atoms. The van der Waals surface area contributed by atoms with Gasteiger partial charge in [0.15, 0.2) is 0 Å². The van der Waals surface area contributed by atoms with Gasteiger partial charge in [-0.15, -0.1) is 0 Å². The van der Waals surface area contributed by atoms with Crippen molar-refractivity contribution in [3.8, 4) is 11.1 Å². The molecular formula is C18H21F3N3OS-. The summed E-state index contributed by atoms with van der Waals surface area (Å²) in [4.78, 5) is 7.63. The lowest BCUT2D eigenvalue weighted by molar-refractivity contribution is -0.141. The number of halogens is 3. The molecule has 4 nitrogen and oxygen atoms in total. The number of nitrogens with one attached hydrogen (secondary N) is 1. The van der Waals surface area contributed by atoms with E-state index < -0.39 is 22.4 Å². The summed E-state index contributed by atoms with van der Waals surface area (Å²) in [6.07, 6.45) is -1.86. The Bertz CT molecular complexity index is 836. The molecule has 2 rings (SSSR count). The third kappa shape index (κ3) is 5.81. The van der Waals surface area contributed by atoms with Crippen LogP contribution < -0.4 is 4.72 Å². The van der Waals surface area contributed by atoms with E-state index in [0.717, 1.165) is 12.3 Å². The summed E-state index contributed by atoms with van der Waals surface area (Å²) in [6.45, 7) is 7.68. The van der Waals surface area contributed by atoms with Gasteiger partial charge in [-0.25, -0.2) is 10.6 Å². The second kappa shape index (κ2) is 7.75. The van der Waals surface area contributed by atoms with Gasteiger partial charge < -0.3 is 8.93 Å². The highest BCUT2D eigenvalue weighted by Crippen LogP contribution is 2.30. The Morgan fingerprint density at radius 2 is 1.81 bits per heavy atom. The van der Waals surface area contributed by atoms with Gasteiger partial charge in [0.1, 0.15) is 5.69 Å². The summed E-state index contributed by atoms with van der Waals surface area (Å²) in [5, 5.41) is 1.70. The summed E-state index contributed by atoms with van der Waals surface area (Å²) in [5.74, 6) is 0. The monoisotopic (exact) mass is 384 g/mol. The predicted octanol–water partition coefficient (Wildman–Crippen LogP) is 4.54. The molecule has 0 aliphatic carbocycles. The average Bonchev–Trinajstić information content (AvgIpc) is 2.52. The van der Waals surface area contributed by atoms with Crippen molar-refractivity contribution in [2.45, 2.75) is 39.9 Å². The van der Waals surface area contributed by atoms with Gasteiger partial charge in [0.25, 0.3) is 0 Å². The first-order chi connectivity index (χ1) is 12.0. The molecule has 0 aliphatic rings. The number of hydrogen-bond donors (Lipinski definition) is 1. The van der Waals surface area contributed by atoms with E-state index in [1.54, 1.807) is 17.5 Å². The Morgan fingerprint density at radius 3 is 2.35 bits per heavy atom. The molecule has 0 saturated carbocycles. The van der Waals surface area contributed by atoms with E-state index >= 15 is 0 Å². The Morgan fingerprint density at radius 1 is 1.12 bits per heavy atom. The van der Waals surface area contributed by atoms with Crippen LogP contribution in [-0.2, 0) is 21.0 Å². The highest BCUT2D eigenvalue weighted by atomic mass is 32.2. The van der Waals surface area contributed by atoms with Crippen LogP contribution in [0.1, 0.15) is 45.1 Å². The van der Waals surface area contributed by atoms with Crippen LogP contribution in [0.3, 0.4) is 0 Å². The molecule has 142 valence electrons. The number of rotatable bonds is 4. The summed E-state index contributed by atoms with van der Waals surface area (Å²) in [6, 6.07) is 5.61. The lowest BCUT2D eigenvalue weighted by atomic mass is 10.0. The van der Waals surface area contributed by atoms with Crippen LogP contribution >= 0.6 is 0 Å². The first-order valence-corrected chi connectivity index (χ1v) is 9.19. The van der Waals surface area contributed by atoms with Gasteiger partial charge in [0.05, 0.1) is 5.69 Å². The molecule has 2 aromatic rings. The smallest absolute Gasteiger partial charge is 0.433 e. The van der Waals surface area contributed by atoms with Crippen LogP contribution in [0.25, 0.3) is 11.1 Å². The Balaban J connectivity index is 2.18. The van der Waals surface area contributed by atoms with E-state index in [2.05, 4.69) is 14.7 Å². The molecule has 0 spiro atoms. The average molecular weight is 384 g/mol. The van der Waals surface area contributed by atoms with E-state index in [4.69, 9.17) is 0 Å². The van der Waals surface area contributed by atoms with Crippen molar-refractivity contribution in [2.24, 2.45) is 5.41 Å². The Labute approximate surface area is 153 Å². The van der Waals surface area contributed by atoms with Gasteiger partial charge in [-0.1, -0.05) is 26.8 Å². The maximum absolute atomic E-state index is 12.8. The zero-order chi connectivity index (χ0) is 19.5. The van der Waals surface area contributed by atoms with Gasteiger partial charge in [0.2, 0.25) is 0 Å². The van der Waals surface area contributed by atoms with E-state index in [0.29, 0.717) is 16.8 Å². The van der Waals surface area contributed by atoms with Crippen molar-refractivity contribution in [3.63, 3.8) is 0 Å². The fraction of sp³-hybridized carbons (Fsp3) is 0.389. The minimum absolute atomic E-state index is 0.188. The van der Waals surface area contributed by atoms with Gasteiger partial charge in [-0.2, -0.15) is 18.5 Å². The first-order valence-electron chi connectivity index (χ1n) is 7.98. The third-order valence-corrected chi connectivity index (χ3v) is 4.87. The van der Waals surface area contributed by atoms with Crippen LogP contribution in [0.4, 0.5) is 13.2 Å². The summed E-state index contributed by atoms with van der Waals surface area (Å²) < 4.78 is 53.3. The molecule has 1 atom stereocenters. The van der Waals surface area contributed by atoms with Crippen LogP contribution in [-0.4, -0.2) is 15.3 Å². The quantitative estimate of drug-likeness (QED) is 0.622. The van der Waals surface area contributed by atoms with Gasteiger partial charge in [-0.05, 0) is 36.1 Å². The molecule has 0 unspecified atom stereocenters. The maximum atomic E-state index is 12.8. The number of nitrogens with zero attached hydrogens (tertiary/aromatic N) is 2. The molecule has 0 bridgehead atoms. The van der Waals surface area contributed by atoms with Crippen molar-refractivity contribution < 1.29 is 17.4 Å². The first kappa shape index (κ1) is 20.4. The highest BCUT2D eigenvalue weighted by Gasteiger charge is 2.32. The molecule has 0 amide bonds. The standard InChI is InChI=1S/C18H21F3N3OS/c1-12(24-26(25)11-17(2,3)4)15-6-5-14(10-23-15)13-7-8-22-16(9-13)18(19,20)21/h5-12H,1-4H3,(H,24,25)/q-1/t12-/m0/s1. The summed E-state index contributed by atoms with van der Waals surface area (Å²) >= 11 is 0. The fourth-order valence-corrected chi connectivity index (χ4v) is 3.37. The molecule has 8 heteroatoms. The Kier molecular flexibility index (Phi) is 6.08. The van der Waals surface area contributed by atoms with E-state index in [1.165, 1.54) is 12.3 Å². The highest BCUT2D eigenvalue weighted by molar-refractivity contribution is 7.81. The number of aromatic nitrogens is 2. The van der Waals surface area contributed by atoms with E-state index in [9.17, 15) is 17.4 Å². The summed E-state index contributed by atoms with van der Waals surface area (Å²) in [7, 11) is -1.32. The van der Waals surface area contributed by atoms with Crippen LogP contribution in [0.5, 0.6) is 0 Å². The second-order valence-corrected chi connectivity index (χ2v) is 8.09. The van der Waals surface area contributed by atoms with Crippen LogP contribution in [0.15, 0.2) is 36.7 Å². The maximum Gasteiger partial charge on any atom is 0.433 e. The lowest BCUT2D eigenvalue weighted by Gasteiger charge is -2.22. The van der Waals surface area contributed by atoms with Gasteiger partial charge >= 0.3 is 6.18 Å². The third-order valence-electron chi connectivity index (χ3n) is 3.37. The van der Waals surface area contributed by atoms with Crippen LogP contribution in [0, 0.1) is 5.41 Å². The number of pyridine rings is 2. The van der Waals surface area contributed by atoms with Crippen molar-refractivity contribution >= 4 is 15.9 Å². The molecule has 1 N–H and O–H groups in total. The second-order valence-electron chi connectivity index (χ2n) is 7.02. The fourth-order valence-electron chi connectivity index (χ4n) is 2.19. The molecule has 0 radical (unpaired) electrons. The Hall–Kier alpha value is -1.93. The summed E-state index contributed by atoms with van der Waals surface area (Å²) in [5.41, 5.74) is 0.455. The topological polar surface area (TPSA) is 54.9 Å². The van der Waals surface area contributed by atoms with Crippen molar-refractivity contribution in [1.82, 2.24) is 14.7 Å². The zero-order valence-electron chi connectivity index (χ0n) is 15.0. The van der Waals surface area contributed by atoms with Crippen molar-refractivity contribution in [3.05, 3.63) is 48.0 Å². The normalized spacial score (nSPS) is 15.0. The molecular weight excluding hydrogens is 363 g/mol. The number of alkyl halides is 3. The molecule has 0 aromatic carbocycles. The molecule has 0 aliphatic heterocycles. The van der Waals surface area contributed by atoms with E-state index in [-0.39, 0.29) is 11.5 Å². The zero-order valence-corrected chi connectivity index (χ0v) is 15.8.